The second-order valence-corrected chi connectivity index (χ2v) is 15.9. The van der Waals surface area contributed by atoms with Crippen LogP contribution in [0.15, 0.2) is 97.2 Å². The van der Waals surface area contributed by atoms with Crippen LogP contribution in [0.25, 0.3) is 0 Å². The smallest absolute Gasteiger partial charge is 0.472 e. The van der Waals surface area contributed by atoms with Crippen molar-refractivity contribution in [1.29, 1.82) is 0 Å². The number of ether oxygens (including phenoxy) is 2. The van der Waals surface area contributed by atoms with Crippen LogP contribution in [0.3, 0.4) is 0 Å². The molecule has 0 aromatic rings. The average Bonchev–Trinajstić information content (AvgIpc) is 3.21. The van der Waals surface area contributed by atoms with Crippen molar-refractivity contribution in [3.63, 3.8) is 0 Å². The Labute approximate surface area is 358 Å². The van der Waals surface area contributed by atoms with Gasteiger partial charge >= 0.3 is 19.8 Å². The van der Waals surface area contributed by atoms with Crippen molar-refractivity contribution in [1.82, 2.24) is 0 Å². The zero-order valence-electron chi connectivity index (χ0n) is 36.6. The normalized spacial score (nSPS) is 14.8. The molecule has 4 N–H and O–H groups in total. The minimum Gasteiger partial charge on any atom is -0.480 e. The molecule has 0 amide bonds. The maximum Gasteiger partial charge on any atom is 0.472 e. The minimum atomic E-state index is -4.64. The number of unbranched alkanes of at least 4 members (excludes halogenated alkanes) is 11. The lowest BCUT2D eigenvalue weighted by molar-refractivity contribution is -0.154. The van der Waals surface area contributed by atoms with Gasteiger partial charge in [0.1, 0.15) is 12.1 Å². The third kappa shape index (κ3) is 42.8. The summed E-state index contributed by atoms with van der Waals surface area (Å²) < 4.78 is 33.3. The predicted molar refractivity (Wildman–Crippen MR) is 244 cm³/mol. The first-order valence-electron chi connectivity index (χ1n) is 22.3. The van der Waals surface area contributed by atoms with E-state index in [4.69, 9.17) is 29.4 Å². The molecule has 0 heterocycles. The first-order chi connectivity index (χ1) is 28.7. The molecule has 0 aliphatic carbocycles. The van der Waals surface area contributed by atoms with Crippen molar-refractivity contribution in [3.8, 4) is 0 Å². The van der Waals surface area contributed by atoms with Gasteiger partial charge in [-0.05, 0) is 89.9 Å². The van der Waals surface area contributed by atoms with Crippen LogP contribution in [-0.4, -0.2) is 60.5 Å². The van der Waals surface area contributed by atoms with E-state index < -0.39 is 45.1 Å². The molecule has 0 aromatic heterocycles. The second kappa shape index (κ2) is 43.0. The van der Waals surface area contributed by atoms with Gasteiger partial charge in [0.15, 0.2) is 0 Å². The Morgan fingerprint density at radius 3 is 1.39 bits per heavy atom. The Morgan fingerprint density at radius 1 is 0.542 bits per heavy atom. The Hall–Kier alpha value is -3.11. The maximum atomic E-state index is 12.6. The fraction of sp³-hybridized carbons (Fsp3) is 0.625. The highest BCUT2D eigenvalue weighted by molar-refractivity contribution is 7.47. The Balaban J connectivity index is 4.33. The van der Waals surface area contributed by atoms with Gasteiger partial charge in [-0.25, -0.2) is 4.57 Å². The number of aliphatic carboxylic acids is 1. The molecule has 0 aliphatic rings. The number of esters is 1. The number of phosphoric acid groups is 1. The molecule has 0 saturated heterocycles. The third-order valence-electron chi connectivity index (χ3n) is 8.86. The SMILES string of the molecule is CC/C=C\C/C=C\C/C=C\C/C=C\C/C=C\CCCCCC(=O)OC(COCCCCCCCCCC/C=C\C/C=C\C/C=C\CC)COP(=O)(O)OCC(N)C(=O)O. The van der Waals surface area contributed by atoms with E-state index in [0.29, 0.717) is 13.0 Å². The van der Waals surface area contributed by atoms with Crippen molar-refractivity contribution in [2.24, 2.45) is 5.73 Å². The minimum absolute atomic E-state index is 0.00844. The van der Waals surface area contributed by atoms with Crippen LogP contribution in [0.1, 0.15) is 155 Å². The summed E-state index contributed by atoms with van der Waals surface area (Å²) in [6.07, 6.45) is 56.0. The highest BCUT2D eigenvalue weighted by atomic mass is 31.2. The third-order valence-corrected chi connectivity index (χ3v) is 9.81. The van der Waals surface area contributed by atoms with Gasteiger partial charge in [-0.1, -0.05) is 156 Å². The quantitative estimate of drug-likeness (QED) is 0.0234. The number of carbonyl (C=O) groups excluding carboxylic acids is 1. The molecule has 59 heavy (non-hydrogen) atoms. The number of nitrogens with two attached hydrogens (primary N) is 1. The molecular weight excluding hydrogens is 766 g/mol. The Bertz CT molecular complexity index is 1300. The zero-order valence-corrected chi connectivity index (χ0v) is 37.4. The summed E-state index contributed by atoms with van der Waals surface area (Å²) in [5.41, 5.74) is 5.36. The van der Waals surface area contributed by atoms with E-state index in [1.807, 2.05) is 0 Å². The summed E-state index contributed by atoms with van der Waals surface area (Å²) in [4.78, 5) is 33.6. The molecule has 10 nitrogen and oxygen atoms in total. The van der Waals surface area contributed by atoms with Crippen LogP contribution in [-0.2, 0) is 32.7 Å². The van der Waals surface area contributed by atoms with Crippen molar-refractivity contribution in [2.75, 3.05) is 26.4 Å². The number of carboxylic acids is 1. The highest BCUT2D eigenvalue weighted by Gasteiger charge is 2.27. The number of hydrogen-bond acceptors (Lipinski definition) is 8. The van der Waals surface area contributed by atoms with E-state index in [1.54, 1.807) is 0 Å². The van der Waals surface area contributed by atoms with Crippen molar-refractivity contribution >= 4 is 19.8 Å². The molecule has 0 spiro atoms. The molecule has 0 aromatic carbocycles. The van der Waals surface area contributed by atoms with Crippen LogP contribution in [0.5, 0.6) is 0 Å². The number of phosphoric ester groups is 1. The Morgan fingerprint density at radius 2 is 0.932 bits per heavy atom. The van der Waals surface area contributed by atoms with Crippen molar-refractivity contribution in [2.45, 2.75) is 167 Å². The van der Waals surface area contributed by atoms with Crippen LogP contribution < -0.4 is 5.73 Å². The van der Waals surface area contributed by atoms with Gasteiger partial charge in [-0.15, -0.1) is 0 Å². The molecule has 0 aliphatic heterocycles. The highest BCUT2D eigenvalue weighted by Crippen LogP contribution is 2.43. The number of carbonyl (C=O) groups is 2. The summed E-state index contributed by atoms with van der Waals surface area (Å²) in [6, 6.07) is -1.49. The molecule has 3 atom stereocenters. The largest absolute Gasteiger partial charge is 0.480 e. The van der Waals surface area contributed by atoms with Crippen LogP contribution in [0, 0.1) is 0 Å². The second-order valence-electron chi connectivity index (χ2n) is 14.4. The van der Waals surface area contributed by atoms with Gasteiger partial charge in [-0.2, -0.15) is 0 Å². The average molecular weight is 846 g/mol. The van der Waals surface area contributed by atoms with Gasteiger partial charge in [0, 0.05) is 13.0 Å². The monoisotopic (exact) mass is 846 g/mol. The van der Waals surface area contributed by atoms with Gasteiger partial charge < -0.3 is 25.2 Å². The molecular formula is C48H80NO9P. The fourth-order valence-electron chi connectivity index (χ4n) is 5.47. The molecule has 0 rings (SSSR count). The Kier molecular flexibility index (Phi) is 40.7. The maximum absolute atomic E-state index is 12.6. The van der Waals surface area contributed by atoms with Crippen molar-refractivity contribution in [3.05, 3.63) is 97.2 Å². The van der Waals surface area contributed by atoms with Gasteiger partial charge in [0.25, 0.3) is 0 Å². The predicted octanol–water partition coefficient (Wildman–Crippen LogP) is 12.5. The van der Waals surface area contributed by atoms with Crippen LogP contribution in [0.4, 0.5) is 0 Å². The van der Waals surface area contributed by atoms with Crippen molar-refractivity contribution < 1.29 is 42.7 Å². The molecule has 3 unspecified atom stereocenters. The summed E-state index contributed by atoms with van der Waals surface area (Å²) in [5.74, 6) is -1.82. The molecule has 11 heteroatoms. The molecule has 336 valence electrons. The lowest BCUT2D eigenvalue weighted by atomic mass is 10.1. The number of carboxylic acid groups (broad SMARTS) is 1. The first-order valence-corrected chi connectivity index (χ1v) is 23.8. The van der Waals surface area contributed by atoms with E-state index in [2.05, 4.69) is 111 Å². The number of rotatable bonds is 41. The van der Waals surface area contributed by atoms with Gasteiger partial charge in [0.05, 0.1) is 19.8 Å². The lowest BCUT2D eigenvalue weighted by Gasteiger charge is -2.20. The summed E-state index contributed by atoms with van der Waals surface area (Å²) in [7, 11) is -4.64. The van der Waals surface area contributed by atoms with Crippen LogP contribution in [0.2, 0.25) is 0 Å². The summed E-state index contributed by atoms with van der Waals surface area (Å²) >= 11 is 0. The molecule has 0 saturated carbocycles. The number of allylic oxidation sites excluding steroid dienone is 16. The number of hydrogen-bond donors (Lipinski definition) is 3. The first kappa shape index (κ1) is 55.9. The van der Waals surface area contributed by atoms with E-state index in [9.17, 15) is 19.0 Å². The fourth-order valence-corrected chi connectivity index (χ4v) is 6.24. The van der Waals surface area contributed by atoms with Gasteiger partial charge in [-0.3, -0.25) is 18.6 Å². The zero-order chi connectivity index (χ0) is 43.3. The topological polar surface area (TPSA) is 155 Å². The van der Waals surface area contributed by atoms with Gasteiger partial charge in [0.2, 0.25) is 0 Å². The van der Waals surface area contributed by atoms with E-state index in [-0.39, 0.29) is 13.0 Å². The summed E-state index contributed by atoms with van der Waals surface area (Å²) in [5, 5.41) is 8.90. The molecule has 0 fully saturated rings. The lowest BCUT2D eigenvalue weighted by Crippen LogP contribution is -2.34. The van der Waals surface area contributed by atoms with E-state index in [0.717, 1.165) is 96.3 Å². The molecule has 0 radical (unpaired) electrons. The van der Waals surface area contributed by atoms with Crippen LogP contribution >= 0.6 is 7.82 Å². The molecule has 0 bridgehead atoms. The van der Waals surface area contributed by atoms with E-state index in [1.165, 1.54) is 32.1 Å². The summed E-state index contributed by atoms with van der Waals surface area (Å²) in [6.45, 7) is 3.58. The standard InChI is InChI=1S/C48H80NO9P/c1-3-5-7-9-11-13-15-17-19-21-23-24-26-28-30-32-34-36-38-40-47(50)58-45(43-56-59(53,54)57-44-46(49)48(51)52)42-55-41-39-37-35-33-31-29-27-25-22-20-18-16-14-12-10-8-6-4-2/h5-8,11-14,17-20,23-24,28,30,45-46H,3-4,9-10,15-16,21-22,25-27,29,31-44,49H2,1-2H3,(H,51,52)(H,53,54)/b7-5-,8-6-,13-11-,14-12-,19-17-,20-18-,24-23-,30-28-. The van der Waals surface area contributed by atoms with E-state index >= 15 is 0 Å².